The van der Waals surface area contributed by atoms with E-state index in [-0.39, 0.29) is 53.8 Å². The molecule has 1 amide bonds. The summed E-state index contributed by atoms with van der Waals surface area (Å²) in [6.07, 6.45) is -5.79. The molecule has 4 rings (SSSR count). The van der Waals surface area contributed by atoms with Crippen LogP contribution in [0.25, 0.3) is 5.76 Å². The Hall–Kier alpha value is -3.58. The van der Waals surface area contributed by atoms with Crippen LogP contribution in [0.15, 0.2) is 23.0 Å². The number of nitrogens with two attached hydrogens (primary N) is 2. The van der Waals surface area contributed by atoms with Gasteiger partial charge >= 0.3 is 6.18 Å². The number of Topliss-reactive ketones (excluding diaryl/α,β-unsaturated/α-hetero) is 2. The molecule has 0 spiro atoms. The summed E-state index contributed by atoms with van der Waals surface area (Å²) in [5.74, 6) is -7.54. The largest absolute Gasteiger partial charge is 0.508 e. The van der Waals surface area contributed by atoms with E-state index in [4.69, 9.17) is 11.5 Å². The lowest BCUT2D eigenvalue weighted by Crippen LogP contribution is -2.58. The van der Waals surface area contributed by atoms with Crippen molar-refractivity contribution in [3.63, 3.8) is 0 Å². The minimum absolute atomic E-state index is 0.0349. The molecule has 1 saturated carbocycles. The predicted octanol–water partition coefficient (Wildman–Crippen LogP) is 1.83. The van der Waals surface area contributed by atoms with Crippen LogP contribution in [-0.4, -0.2) is 55.7 Å². The Labute approximate surface area is 214 Å². The number of halogens is 3. The van der Waals surface area contributed by atoms with Crippen LogP contribution < -0.4 is 16.8 Å². The molecule has 3 aliphatic rings. The molecule has 4 atom stereocenters. The van der Waals surface area contributed by atoms with Crippen LogP contribution in [0.5, 0.6) is 5.75 Å². The van der Waals surface area contributed by atoms with Crippen LogP contribution in [0.2, 0.25) is 0 Å². The molecular weight excluding hydrogens is 511 g/mol. The number of alkyl halides is 3. The summed E-state index contributed by atoms with van der Waals surface area (Å²) in [6, 6.07) is 0.427. The fourth-order valence-electron chi connectivity index (χ4n) is 5.81. The van der Waals surface area contributed by atoms with Crippen LogP contribution in [0.1, 0.15) is 49.3 Å². The first-order chi connectivity index (χ1) is 17.6. The second-order valence-electron chi connectivity index (χ2n) is 10.0. The van der Waals surface area contributed by atoms with E-state index in [1.54, 1.807) is 6.92 Å². The lowest BCUT2D eigenvalue weighted by molar-refractivity contribution is -0.147. The highest BCUT2D eigenvalue weighted by Crippen LogP contribution is 2.53. The number of carbonyl (C=O) groups is 3. The number of amides is 1. The maximum absolute atomic E-state index is 13.5. The zero-order chi connectivity index (χ0) is 28.3. The number of nitrogens with one attached hydrogen (secondary N) is 1. The quantitative estimate of drug-likeness (QED) is 0.160. The molecule has 206 valence electrons. The number of phenols is 1. The van der Waals surface area contributed by atoms with E-state index >= 15 is 0 Å². The van der Waals surface area contributed by atoms with E-state index in [9.17, 15) is 48.0 Å². The first kappa shape index (κ1) is 27.5. The molecule has 0 bridgehead atoms. The Morgan fingerprint density at radius 2 is 1.89 bits per heavy atom. The Morgan fingerprint density at radius 3 is 2.47 bits per heavy atom. The minimum atomic E-state index is -4.40. The normalized spacial score (nSPS) is 26.1. The van der Waals surface area contributed by atoms with Crippen molar-refractivity contribution in [2.24, 2.45) is 17.6 Å². The maximum Gasteiger partial charge on any atom is 0.390 e. The van der Waals surface area contributed by atoms with Gasteiger partial charge < -0.3 is 37.2 Å². The van der Waals surface area contributed by atoms with Crippen molar-refractivity contribution in [3.8, 4) is 5.75 Å². The Balaban J connectivity index is 1.76. The van der Waals surface area contributed by atoms with Gasteiger partial charge in [0.2, 0.25) is 5.78 Å². The molecule has 0 radical (unpaired) electrons. The molecule has 1 fully saturated rings. The number of hydrogen-bond donors (Lipinski definition) is 7. The van der Waals surface area contributed by atoms with E-state index in [1.165, 1.54) is 6.07 Å². The number of anilines is 1. The van der Waals surface area contributed by atoms with Crippen LogP contribution in [0, 0.1) is 11.8 Å². The Bertz CT molecular complexity index is 1300. The second kappa shape index (κ2) is 9.31. The average molecular weight is 540 g/mol. The number of phenolic OH excluding ortho intramolecular Hbond substituents is 1. The number of nitrogen functional groups attached to an aromatic ring is 1. The molecule has 10 nitrogen and oxygen atoms in total. The first-order valence-electron chi connectivity index (χ1n) is 12.0. The number of aliphatic hydroxyl groups is 3. The molecule has 0 heterocycles. The molecule has 1 aromatic carbocycles. The smallest absolute Gasteiger partial charge is 0.390 e. The maximum atomic E-state index is 13.5. The standard InChI is InChI=1S/C25H28F3N3O7/c1-2-12(7-24(26,27)28)31-8-10-5-14(29)13-4-9-3-11-6-15(32)18(23(30)37)22(36)25(11,38)21(35)16(9)20(34)17(13)19(10)33/h5,9,11-12,31,33-34,36,38H,2-4,6-8,29H2,1H3,(H2,30,37)/t9?,11-,12?,25-/m0/s1. The van der Waals surface area contributed by atoms with E-state index in [1.807, 2.05) is 0 Å². The van der Waals surface area contributed by atoms with Gasteiger partial charge in [-0.2, -0.15) is 13.2 Å². The van der Waals surface area contributed by atoms with Gasteiger partial charge in [-0.1, -0.05) is 6.92 Å². The highest BCUT2D eigenvalue weighted by atomic mass is 19.4. The molecule has 9 N–H and O–H groups in total. The van der Waals surface area contributed by atoms with Crippen molar-refractivity contribution in [1.82, 2.24) is 5.32 Å². The molecule has 0 saturated heterocycles. The van der Waals surface area contributed by atoms with E-state index in [0.717, 1.165) is 0 Å². The van der Waals surface area contributed by atoms with Gasteiger partial charge in [-0.25, -0.2) is 0 Å². The first-order valence-corrected chi connectivity index (χ1v) is 12.0. The Morgan fingerprint density at radius 1 is 1.24 bits per heavy atom. The monoisotopic (exact) mass is 539 g/mol. The summed E-state index contributed by atoms with van der Waals surface area (Å²) < 4.78 is 38.5. The number of rotatable bonds is 6. The summed E-state index contributed by atoms with van der Waals surface area (Å²) in [5, 5.41) is 46.7. The molecule has 3 aliphatic carbocycles. The van der Waals surface area contributed by atoms with Gasteiger partial charge in [-0.15, -0.1) is 0 Å². The van der Waals surface area contributed by atoms with E-state index in [0.29, 0.717) is 0 Å². The van der Waals surface area contributed by atoms with Crippen molar-refractivity contribution < 1.29 is 48.0 Å². The van der Waals surface area contributed by atoms with Crippen molar-refractivity contribution >= 4 is 28.9 Å². The van der Waals surface area contributed by atoms with Gasteiger partial charge in [-0.05, 0) is 36.8 Å². The topological polar surface area (TPSA) is 196 Å². The van der Waals surface area contributed by atoms with Crippen LogP contribution in [0.3, 0.4) is 0 Å². The van der Waals surface area contributed by atoms with Gasteiger partial charge in [0.25, 0.3) is 5.91 Å². The van der Waals surface area contributed by atoms with Crippen LogP contribution in [-0.2, 0) is 27.3 Å². The minimum Gasteiger partial charge on any atom is -0.508 e. The third kappa shape index (κ3) is 4.29. The SMILES string of the molecule is CCC(CC(F)(F)F)NCc1cc(N)c2c(c1O)C(O)=C1C(=O)[C@]3(O)C(O)=C(C(N)=O)C(=O)C[C@@H]3CC1C2. The third-order valence-electron chi connectivity index (χ3n) is 7.73. The van der Waals surface area contributed by atoms with E-state index in [2.05, 4.69) is 5.32 Å². The number of benzene rings is 1. The van der Waals surface area contributed by atoms with Crippen LogP contribution in [0.4, 0.5) is 18.9 Å². The third-order valence-corrected chi connectivity index (χ3v) is 7.73. The van der Waals surface area contributed by atoms with E-state index < -0.39 is 82.8 Å². The number of ketones is 2. The summed E-state index contributed by atoms with van der Waals surface area (Å²) in [4.78, 5) is 37.6. The number of aliphatic hydroxyl groups excluding tert-OH is 2. The number of aromatic hydroxyl groups is 1. The second-order valence-corrected chi connectivity index (χ2v) is 10.0. The zero-order valence-electron chi connectivity index (χ0n) is 20.4. The summed E-state index contributed by atoms with van der Waals surface area (Å²) in [6.45, 7) is 1.34. The van der Waals surface area contributed by atoms with Gasteiger partial charge in [0.15, 0.2) is 11.4 Å². The molecule has 1 aromatic rings. The van der Waals surface area contributed by atoms with Gasteiger partial charge in [0, 0.05) is 41.7 Å². The molecule has 0 aromatic heterocycles. The number of primary amides is 1. The Kier molecular flexibility index (Phi) is 6.73. The van der Waals surface area contributed by atoms with Crippen molar-refractivity contribution in [2.45, 2.75) is 63.4 Å². The molecule has 38 heavy (non-hydrogen) atoms. The van der Waals surface area contributed by atoms with Crippen molar-refractivity contribution in [3.05, 3.63) is 39.7 Å². The predicted molar refractivity (Wildman–Crippen MR) is 127 cm³/mol. The molecule has 13 heteroatoms. The lowest BCUT2D eigenvalue weighted by atomic mass is 9.59. The van der Waals surface area contributed by atoms with Crippen molar-refractivity contribution in [1.29, 1.82) is 0 Å². The summed E-state index contributed by atoms with van der Waals surface area (Å²) in [5.41, 5.74) is 7.71. The van der Waals surface area contributed by atoms with Crippen LogP contribution >= 0.6 is 0 Å². The number of fused-ring (bicyclic) bond motifs is 3. The van der Waals surface area contributed by atoms with Gasteiger partial charge in [-0.3, -0.25) is 14.4 Å². The zero-order valence-corrected chi connectivity index (χ0v) is 20.4. The number of carbonyl (C=O) groups excluding carboxylic acids is 3. The van der Waals surface area contributed by atoms with Gasteiger partial charge in [0.1, 0.15) is 22.8 Å². The average Bonchev–Trinajstić information content (AvgIpc) is 2.80. The fourth-order valence-corrected chi connectivity index (χ4v) is 5.81. The van der Waals surface area contributed by atoms with Gasteiger partial charge in [0.05, 0.1) is 12.0 Å². The highest BCUT2D eigenvalue weighted by Gasteiger charge is 2.60. The lowest BCUT2D eigenvalue weighted by Gasteiger charge is -2.46. The number of hydrogen-bond acceptors (Lipinski definition) is 9. The summed E-state index contributed by atoms with van der Waals surface area (Å²) >= 11 is 0. The molecule has 2 unspecified atom stereocenters. The highest BCUT2D eigenvalue weighted by molar-refractivity contribution is 6.22. The van der Waals surface area contributed by atoms with Crippen molar-refractivity contribution in [2.75, 3.05) is 5.73 Å². The summed E-state index contributed by atoms with van der Waals surface area (Å²) in [7, 11) is 0. The molecular formula is C25H28F3N3O7. The molecule has 0 aliphatic heterocycles. The fraction of sp³-hybridized carbons (Fsp3) is 0.480.